The smallest absolute Gasteiger partial charge is 0.251 e. The van der Waals surface area contributed by atoms with Crippen LogP contribution in [0.4, 0.5) is 0 Å². The van der Waals surface area contributed by atoms with Gasteiger partial charge in [-0.1, -0.05) is 0 Å². The fourth-order valence-electron chi connectivity index (χ4n) is 1.37. The maximum absolute atomic E-state index is 11.8. The van der Waals surface area contributed by atoms with E-state index in [0.717, 1.165) is 21.2 Å². The Balaban J connectivity index is 2.59. The molecule has 0 fully saturated rings. The number of hydrogen-bond acceptors (Lipinski definition) is 2. The topological polar surface area (TPSA) is 32.3 Å². The number of rotatable bonds is 4. The van der Waals surface area contributed by atoms with E-state index < -0.39 is 0 Å². The third kappa shape index (κ3) is 4.09. The summed E-state index contributed by atoms with van der Waals surface area (Å²) in [4.78, 5) is 13.9. The lowest BCUT2D eigenvalue weighted by molar-refractivity contribution is 0.0950. The first-order valence-corrected chi connectivity index (χ1v) is 6.27. The molecule has 0 saturated heterocycles. The standard InChI is InChI=1S/C12H17IN2O/c1-9-8-10(13)4-5-11(9)12(16)14-6-7-15(2)3/h4-5,8H,6-7H2,1-3H3,(H,14,16). The summed E-state index contributed by atoms with van der Waals surface area (Å²) in [6.07, 6.45) is 0. The van der Waals surface area contributed by atoms with Crippen molar-refractivity contribution >= 4 is 28.5 Å². The van der Waals surface area contributed by atoms with Crippen LogP contribution in [0.15, 0.2) is 18.2 Å². The van der Waals surface area contributed by atoms with E-state index in [4.69, 9.17) is 0 Å². The van der Waals surface area contributed by atoms with Crippen molar-refractivity contribution in [3.8, 4) is 0 Å². The van der Waals surface area contributed by atoms with Gasteiger partial charge in [0, 0.05) is 22.2 Å². The fraction of sp³-hybridized carbons (Fsp3) is 0.417. The van der Waals surface area contributed by atoms with Crippen molar-refractivity contribution in [2.24, 2.45) is 0 Å². The summed E-state index contributed by atoms with van der Waals surface area (Å²) in [6.45, 7) is 3.50. The van der Waals surface area contributed by atoms with Crippen molar-refractivity contribution in [1.82, 2.24) is 10.2 Å². The van der Waals surface area contributed by atoms with Crippen molar-refractivity contribution in [3.05, 3.63) is 32.9 Å². The van der Waals surface area contributed by atoms with Crippen molar-refractivity contribution in [2.75, 3.05) is 27.2 Å². The molecule has 0 aromatic heterocycles. The van der Waals surface area contributed by atoms with Gasteiger partial charge in [-0.05, 0) is 67.4 Å². The van der Waals surface area contributed by atoms with Crippen LogP contribution in [0.1, 0.15) is 15.9 Å². The molecule has 0 aliphatic heterocycles. The van der Waals surface area contributed by atoms with Crippen LogP contribution in [0.3, 0.4) is 0 Å². The molecular weight excluding hydrogens is 315 g/mol. The zero-order valence-corrected chi connectivity index (χ0v) is 12.0. The highest BCUT2D eigenvalue weighted by Crippen LogP contribution is 2.12. The Morgan fingerprint density at radius 2 is 2.12 bits per heavy atom. The number of nitrogens with one attached hydrogen (secondary N) is 1. The highest BCUT2D eigenvalue weighted by atomic mass is 127. The minimum absolute atomic E-state index is 0.00995. The van der Waals surface area contributed by atoms with Crippen molar-refractivity contribution in [2.45, 2.75) is 6.92 Å². The maximum atomic E-state index is 11.8. The molecule has 0 radical (unpaired) electrons. The second kappa shape index (κ2) is 6.20. The molecule has 0 aliphatic rings. The normalized spacial score (nSPS) is 10.6. The minimum atomic E-state index is 0.00995. The lowest BCUT2D eigenvalue weighted by Gasteiger charge is -2.11. The number of likely N-dealkylation sites (N-methyl/N-ethyl adjacent to an activating group) is 1. The van der Waals surface area contributed by atoms with Gasteiger partial charge in [-0.3, -0.25) is 4.79 Å². The van der Waals surface area contributed by atoms with Crippen LogP contribution in [0.25, 0.3) is 0 Å². The van der Waals surface area contributed by atoms with Crippen molar-refractivity contribution in [1.29, 1.82) is 0 Å². The molecule has 3 nitrogen and oxygen atoms in total. The molecule has 0 aliphatic carbocycles. The van der Waals surface area contributed by atoms with E-state index in [9.17, 15) is 4.79 Å². The van der Waals surface area contributed by atoms with Gasteiger partial charge < -0.3 is 10.2 Å². The lowest BCUT2D eigenvalue weighted by Crippen LogP contribution is -2.31. The highest BCUT2D eigenvalue weighted by Gasteiger charge is 2.08. The first-order chi connectivity index (χ1) is 7.50. The van der Waals surface area contributed by atoms with E-state index in [-0.39, 0.29) is 5.91 Å². The number of nitrogens with zero attached hydrogens (tertiary/aromatic N) is 1. The number of carbonyl (C=O) groups is 1. The lowest BCUT2D eigenvalue weighted by atomic mass is 10.1. The van der Waals surface area contributed by atoms with Crippen LogP contribution >= 0.6 is 22.6 Å². The van der Waals surface area contributed by atoms with Gasteiger partial charge in [0.2, 0.25) is 0 Å². The second-order valence-electron chi connectivity index (χ2n) is 4.02. The molecule has 16 heavy (non-hydrogen) atoms. The summed E-state index contributed by atoms with van der Waals surface area (Å²) < 4.78 is 1.15. The van der Waals surface area contributed by atoms with E-state index in [1.807, 2.05) is 44.1 Å². The third-order valence-corrected chi connectivity index (χ3v) is 2.95. The van der Waals surface area contributed by atoms with Crippen LogP contribution in [0.2, 0.25) is 0 Å². The SMILES string of the molecule is Cc1cc(I)ccc1C(=O)NCCN(C)C. The van der Waals surface area contributed by atoms with Crippen molar-refractivity contribution in [3.63, 3.8) is 0 Å². The summed E-state index contributed by atoms with van der Waals surface area (Å²) in [5, 5.41) is 2.91. The Hall–Kier alpha value is -0.620. The zero-order chi connectivity index (χ0) is 12.1. The largest absolute Gasteiger partial charge is 0.351 e. The quantitative estimate of drug-likeness (QED) is 0.854. The first kappa shape index (κ1) is 13.4. The summed E-state index contributed by atoms with van der Waals surface area (Å²) in [7, 11) is 3.98. The summed E-state index contributed by atoms with van der Waals surface area (Å²) >= 11 is 2.24. The number of aryl methyl sites for hydroxylation is 1. The molecule has 0 heterocycles. The molecule has 0 spiro atoms. The van der Waals surface area contributed by atoms with Crippen LogP contribution in [-0.4, -0.2) is 38.0 Å². The molecule has 0 atom stereocenters. The summed E-state index contributed by atoms with van der Waals surface area (Å²) in [5.41, 5.74) is 1.79. The summed E-state index contributed by atoms with van der Waals surface area (Å²) in [5.74, 6) is 0.00995. The molecule has 0 saturated carbocycles. The van der Waals surface area contributed by atoms with Crippen LogP contribution in [0.5, 0.6) is 0 Å². The number of amides is 1. The molecule has 0 unspecified atom stereocenters. The van der Waals surface area contributed by atoms with Crippen molar-refractivity contribution < 1.29 is 4.79 Å². The van der Waals surface area contributed by atoms with Gasteiger partial charge in [-0.2, -0.15) is 0 Å². The van der Waals surface area contributed by atoms with Gasteiger partial charge in [0.25, 0.3) is 5.91 Å². The maximum Gasteiger partial charge on any atom is 0.251 e. The van der Waals surface area contributed by atoms with E-state index in [2.05, 4.69) is 27.9 Å². The predicted molar refractivity (Wildman–Crippen MR) is 74.8 cm³/mol. The van der Waals surface area contributed by atoms with E-state index in [0.29, 0.717) is 6.54 Å². The van der Waals surface area contributed by atoms with Crippen LogP contribution in [0, 0.1) is 10.5 Å². The van der Waals surface area contributed by atoms with Crippen LogP contribution in [-0.2, 0) is 0 Å². The Bertz CT molecular complexity index is 377. The van der Waals surface area contributed by atoms with Gasteiger partial charge in [0.1, 0.15) is 0 Å². The predicted octanol–water partition coefficient (Wildman–Crippen LogP) is 1.89. The first-order valence-electron chi connectivity index (χ1n) is 5.20. The van der Waals surface area contributed by atoms with Gasteiger partial charge in [0.05, 0.1) is 0 Å². The molecule has 1 N–H and O–H groups in total. The highest BCUT2D eigenvalue weighted by molar-refractivity contribution is 14.1. The van der Waals surface area contributed by atoms with E-state index in [1.54, 1.807) is 0 Å². The average Bonchev–Trinajstić information content (AvgIpc) is 2.16. The number of carbonyl (C=O) groups excluding carboxylic acids is 1. The Morgan fingerprint density at radius 1 is 1.44 bits per heavy atom. The zero-order valence-electron chi connectivity index (χ0n) is 9.88. The van der Waals surface area contributed by atoms with Gasteiger partial charge in [0.15, 0.2) is 0 Å². The molecule has 88 valence electrons. The molecule has 4 heteroatoms. The number of halogens is 1. The average molecular weight is 332 g/mol. The Morgan fingerprint density at radius 3 is 2.69 bits per heavy atom. The van der Waals surface area contributed by atoms with Gasteiger partial charge >= 0.3 is 0 Å². The number of benzene rings is 1. The Kier molecular flexibility index (Phi) is 5.21. The third-order valence-electron chi connectivity index (χ3n) is 2.28. The molecule has 0 bridgehead atoms. The van der Waals surface area contributed by atoms with E-state index >= 15 is 0 Å². The Labute approximate surface area is 110 Å². The second-order valence-corrected chi connectivity index (χ2v) is 5.26. The molecule has 1 rings (SSSR count). The van der Waals surface area contributed by atoms with Gasteiger partial charge in [-0.15, -0.1) is 0 Å². The molecular formula is C12H17IN2O. The summed E-state index contributed by atoms with van der Waals surface area (Å²) in [6, 6.07) is 5.85. The van der Waals surface area contributed by atoms with E-state index in [1.165, 1.54) is 0 Å². The fourth-order valence-corrected chi connectivity index (χ4v) is 2.02. The molecule has 1 aromatic rings. The van der Waals surface area contributed by atoms with Gasteiger partial charge in [-0.25, -0.2) is 0 Å². The molecule has 1 amide bonds. The van der Waals surface area contributed by atoms with Crippen LogP contribution < -0.4 is 5.32 Å². The minimum Gasteiger partial charge on any atom is -0.351 e. The molecule has 1 aromatic carbocycles. The number of hydrogen-bond donors (Lipinski definition) is 1. The monoisotopic (exact) mass is 332 g/mol.